The Morgan fingerprint density at radius 2 is 1.81 bits per heavy atom. The average Bonchev–Trinajstić information content (AvgIpc) is 2.78. The number of sulfonamides is 1. The number of amides is 2. The second-order valence-corrected chi connectivity index (χ2v) is 9.35. The number of hydrogen-bond donors (Lipinski definition) is 2. The van der Waals surface area contributed by atoms with Crippen molar-refractivity contribution in [3.63, 3.8) is 0 Å². The van der Waals surface area contributed by atoms with Crippen molar-refractivity contribution in [2.24, 2.45) is 0 Å². The van der Waals surface area contributed by atoms with Gasteiger partial charge in [-0.3, -0.25) is 9.59 Å². The standard InChI is InChI=1S/C21H24ClN3O5S/c1-30-18-10-9-15(13-19(18)31(28,29)25-11-5-2-6-12-25)24-20(26)14-23-21(27)16-7-3-4-8-17(16)22/h3-4,7-10,13H,2,5-6,11-12,14H2,1H3,(H,23,27)(H,24,26). The Balaban J connectivity index is 1.70. The van der Waals surface area contributed by atoms with Gasteiger partial charge in [0.1, 0.15) is 10.6 Å². The Kier molecular flexibility index (Phi) is 7.53. The lowest BCUT2D eigenvalue weighted by atomic mass is 10.2. The van der Waals surface area contributed by atoms with Crippen LogP contribution in [0.4, 0.5) is 5.69 Å². The highest BCUT2D eigenvalue weighted by Crippen LogP contribution is 2.31. The number of carbonyl (C=O) groups excluding carboxylic acids is 2. The first kappa shape index (κ1) is 23.1. The van der Waals surface area contributed by atoms with E-state index in [4.69, 9.17) is 16.3 Å². The summed E-state index contributed by atoms with van der Waals surface area (Å²) in [5, 5.41) is 5.38. The van der Waals surface area contributed by atoms with Gasteiger partial charge in [0.2, 0.25) is 15.9 Å². The predicted molar refractivity (Wildman–Crippen MR) is 118 cm³/mol. The van der Waals surface area contributed by atoms with E-state index < -0.39 is 21.8 Å². The number of hydrogen-bond acceptors (Lipinski definition) is 5. The molecule has 2 amide bonds. The molecule has 1 aliphatic rings. The molecule has 166 valence electrons. The van der Waals surface area contributed by atoms with E-state index >= 15 is 0 Å². The molecule has 1 aliphatic heterocycles. The van der Waals surface area contributed by atoms with Crippen molar-refractivity contribution in [2.75, 3.05) is 32.1 Å². The van der Waals surface area contributed by atoms with Crippen molar-refractivity contribution in [3.8, 4) is 5.75 Å². The molecule has 0 aromatic heterocycles. The van der Waals surface area contributed by atoms with Crippen molar-refractivity contribution >= 4 is 39.1 Å². The van der Waals surface area contributed by atoms with Crippen LogP contribution in [0.2, 0.25) is 5.02 Å². The molecule has 2 aromatic carbocycles. The fraction of sp³-hybridized carbons (Fsp3) is 0.333. The zero-order chi connectivity index (χ0) is 22.4. The van der Waals surface area contributed by atoms with Gasteiger partial charge in [-0.1, -0.05) is 30.2 Å². The molecule has 2 N–H and O–H groups in total. The highest BCUT2D eigenvalue weighted by molar-refractivity contribution is 7.89. The summed E-state index contributed by atoms with van der Waals surface area (Å²) in [7, 11) is -2.36. The lowest BCUT2D eigenvalue weighted by molar-refractivity contribution is -0.115. The van der Waals surface area contributed by atoms with E-state index in [0.717, 1.165) is 19.3 Å². The number of nitrogens with one attached hydrogen (secondary N) is 2. The van der Waals surface area contributed by atoms with Crippen LogP contribution in [0.1, 0.15) is 29.6 Å². The van der Waals surface area contributed by atoms with Crippen LogP contribution in [0.5, 0.6) is 5.75 Å². The summed E-state index contributed by atoms with van der Waals surface area (Å²) in [6.45, 7) is 0.608. The van der Waals surface area contributed by atoms with Gasteiger partial charge in [-0.2, -0.15) is 4.31 Å². The van der Waals surface area contributed by atoms with Crippen LogP contribution >= 0.6 is 11.6 Å². The van der Waals surface area contributed by atoms with Crippen LogP contribution in [0.3, 0.4) is 0 Å². The van der Waals surface area contributed by atoms with Gasteiger partial charge in [-0.25, -0.2) is 8.42 Å². The first-order chi connectivity index (χ1) is 14.8. The summed E-state index contributed by atoms with van der Waals surface area (Å²) in [4.78, 5) is 24.5. The third-order valence-electron chi connectivity index (χ3n) is 4.91. The monoisotopic (exact) mass is 465 g/mol. The SMILES string of the molecule is COc1ccc(NC(=O)CNC(=O)c2ccccc2Cl)cc1S(=O)(=O)N1CCCCC1. The zero-order valence-electron chi connectivity index (χ0n) is 17.1. The van der Waals surface area contributed by atoms with E-state index in [2.05, 4.69) is 10.6 Å². The maximum absolute atomic E-state index is 13.1. The lowest BCUT2D eigenvalue weighted by Crippen LogP contribution is -2.36. The Morgan fingerprint density at radius 1 is 1.10 bits per heavy atom. The van der Waals surface area contributed by atoms with Gasteiger partial charge in [-0.15, -0.1) is 0 Å². The number of halogens is 1. The van der Waals surface area contributed by atoms with E-state index in [1.807, 2.05) is 0 Å². The number of anilines is 1. The molecule has 0 radical (unpaired) electrons. The van der Waals surface area contributed by atoms with Gasteiger partial charge >= 0.3 is 0 Å². The maximum atomic E-state index is 13.1. The Bertz CT molecular complexity index is 1070. The smallest absolute Gasteiger partial charge is 0.253 e. The van der Waals surface area contributed by atoms with E-state index in [9.17, 15) is 18.0 Å². The summed E-state index contributed by atoms with van der Waals surface area (Å²) in [5.41, 5.74) is 0.546. The van der Waals surface area contributed by atoms with E-state index in [0.29, 0.717) is 13.1 Å². The second-order valence-electron chi connectivity index (χ2n) is 7.04. The summed E-state index contributed by atoms with van der Waals surface area (Å²) in [5.74, 6) is -0.786. The third-order valence-corrected chi connectivity index (χ3v) is 7.16. The number of methoxy groups -OCH3 is 1. The number of carbonyl (C=O) groups is 2. The first-order valence-electron chi connectivity index (χ1n) is 9.83. The summed E-state index contributed by atoms with van der Waals surface area (Å²) >= 11 is 5.98. The minimum absolute atomic E-state index is 0.00481. The van der Waals surface area contributed by atoms with Gasteiger partial charge in [-0.05, 0) is 43.2 Å². The van der Waals surface area contributed by atoms with Crippen molar-refractivity contribution in [3.05, 3.63) is 53.1 Å². The van der Waals surface area contributed by atoms with Gasteiger partial charge in [0, 0.05) is 18.8 Å². The third kappa shape index (κ3) is 5.55. The molecular weight excluding hydrogens is 442 g/mol. The number of ether oxygens (including phenoxy) is 1. The average molecular weight is 466 g/mol. The molecule has 0 atom stereocenters. The van der Waals surface area contributed by atoms with Gasteiger partial charge in [0.15, 0.2) is 0 Å². The molecule has 3 rings (SSSR count). The molecule has 31 heavy (non-hydrogen) atoms. The molecule has 8 nitrogen and oxygen atoms in total. The summed E-state index contributed by atoms with van der Waals surface area (Å²) in [6, 6.07) is 10.9. The van der Waals surface area contributed by atoms with Crippen molar-refractivity contribution in [1.82, 2.24) is 9.62 Å². The molecule has 1 heterocycles. The number of nitrogens with zero attached hydrogens (tertiary/aromatic N) is 1. The Labute approximate surface area is 186 Å². The van der Waals surface area contributed by atoms with Crippen LogP contribution in [-0.4, -0.2) is 51.3 Å². The highest BCUT2D eigenvalue weighted by Gasteiger charge is 2.29. The highest BCUT2D eigenvalue weighted by atomic mass is 35.5. The van der Waals surface area contributed by atoms with Gasteiger partial charge in [0.25, 0.3) is 5.91 Å². The zero-order valence-corrected chi connectivity index (χ0v) is 18.6. The van der Waals surface area contributed by atoms with Crippen molar-refractivity contribution in [2.45, 2.75) is 24.2 Å². The normalized spacial score (nSPS) is 14.6. The number of benzene rings is 2. The number of rotatable bonds is 7. The fourth-order valence-corrected chi connectivity index (χ4v) is 5.23. The molecule has 0 aliphatic carbocycles. The molecule has 1 fully saturated rings. The molecule has 0 spiro atoms. The molecule has 0 saturated carbocycles. The lowest BCUT2D eigenvalue weighted by Gasteiger charge is -2.26. The van der Waals surface area contributed by atoms with Gasteiger partial charge in [0.05, 0.1) is 24.2 Å². The van der Waals surface area contributed by atoms with Crippen LogP contribution < -0.4 is 15.4 Å². The Morgan fingerprint density at radius 3 is 2.48 bits per heavy atom. The molecule has 0 bridgehead atoms. The van der Waals surface area contributed by atoms with Crippen molar-refractivity contribution < 1.29 is 22.7 Å². The first-order valence-corrected chi connectivity index (χ1v) is 11.7. The molecular formula is C21H24ClN3O5S. The van der Waals surface area contributed by atoms with Gasteiger partial charge < -0.3 is 15.4 Å². The fourth-order valence-electron chi connectivity index (χ4n) is 3.31. The Hall–Kier alpha value is -2.62. The second kappa shape index (κ2) is 10.1. The molecule has 0 unspecified atom stereocenters. The molecule has 10 heteroatoms. The van der Waals surface area contributed by atoms with Crippen LogP contribution in [-0.2, 0) is 14.8 Å². The van der Waals surface area contributed by atoms with E-state index in [1.54, 1.807) is 30.3 Å². The largest absolute Gasteiger partial charge is 0.495 e. The van der Waals surface area contributed by atoms with E-state index in [-0.39, 0.29) is 33.5 Å². The minimum Gasteiger partial charge on any atom is -0.495 e. The van der Waals surface area contributed by atoms with Crippen LogP contribution in [0, 0.1) is 0 Å². The minimum atomic E-state index is -3.76. The van der Waals surface area contributed by atoms with Crippen molar-refractivity contribution in [1.29, 1.82) is 0 Å². The molecule has 1 saturated heterocycles. The van der Waals surface area contributed by atoms with Crippen LogP contribution in [0.15, 0.2) is 47.4 Å². The summed E-state index contributed by atoms with van der Waals surface area (Å²) in [6.07, 6.45) is 2.62. The van der Waals surface area contributed by atoms with E-state index in [1.165, 1.54) is 23.5 Å². The maximum Gasteiger partial charge on any atom is 0.253 e. The molecule has 2 aromatic rings. The summed E-state index contributed by atoms with van der Waals surface area (Å²) < 4.78 is 32.8. The number of piperidine rings is 1. The predicted octanol–water partition coefficient (Wildman–Crippen LogP) is 2.89. The van der Waals surface area contributed by atoms with Crippen LogP contribution in [0.25, 0.3) is 0 Å². The topological polar surface area (TPSA) is 105 Å². The quantitative estimate of drug-likeness (QED) is 0.654.